The van der Waals surface area contributed by atoms with Gasteiger partial charge in [0.15, 0.2) is 0 Å². The summed E-state index contributed by atoms with van der Waals surface area (Å²) in [5.74, 6) is -1.10. The number of hydrogen-bond donors (Lipinski definition) is 3. The summed E-state index contributed by atoms with van der Waals surface area (Å²) >= 11 is 5.88. The maximum absolute atomic E-state index is 11.1. The smallest absolute Gasteiger partial charge is 0.480 e. The van der Waals surface area contributed by atoms with E-state index >= 15 is 0 Å². The molecule has 0 saturated carbocycles. The molecule has 0 bridgehead atoms. The van der Waals surface area contributed by atoms with Crippen LogP contribution in [0.25, 0.3) is 0 Å². The van der Waals surface area contributed by atoms with Crippen LogP contribution < -0.4 is 10.6 Å². The third-order valence-electron chi connectivity index (χ3n) is 2.93. The fourth-order valence-electron chi connectivity index (χ4n) is 1.80. The summed E-state index contributed by atoms with van der Waals surface area (Å²) in [6, 6.07) is 6.73. The maximum Gasteiger partial charge on any atom is 1.00 e. The van der Waals surface area contributed by atoms with Gasteiger partial charge in [-0.1, -0.05) is 23.7 Å². The summed E-state index contributed by atoms with van der Waals surface area (Å²) in [6.07, 6.45) is 1.15. The number of carboxylic acid groups (broad SMARTS) is 1. The number of nitrogens with one attached hydrogen (secondary N) is 2. The molecule has 21 heavy (non-hydrogen) atoms. The van der Waals surface area contributed by atoms with Crippen LogP contribution >= 0.6 is 24.0 Å². The Bertz CT molecular complexity index is 475. The highest BCUT2D eigenvalue weighted by Gasteiger charge is 2.17. The number of amides is 1. The molecule has 0 aliphatic carbocycles. The molecule has 0 saturated heterocycles. The summed E-state index contributed by atoms with van der Waals surface area (Å²) in [7, 11) is 1.53. The Morgan fingerprint density at radius 1 is 1.43 bits per heavy atom. The Morgan fingerprint density at radius 2 is 2.14 bits per heavy atom. The molecule has 1 rings (SSSR count). The van der Waals surface area contributed by atoms with E-state index in [9.17, 15) is 9.59 Å². The van der Waals surface area contributed by atoms with E-state index < -0.39 is 12.0 Å². The Labute approximate surface area is 137 Å². The van der Waals surface area contributed by atoms with Crippen molar-refractivity contribution in [2.45, 2.75) is 25.3 Å². The van der Waals surface area contributed by atoms with Crippen LogP contribution in [0, 0.1) is 0 Å². The van der Waals surface area contributed by atoms with Crippen LogP contribution in [0.15, 0.2) is 24.3 Å². The van der Waals surface area contributed by atoms with Gasteiger partial charge in [-0.25, -0.2) is 0 Å². The van der Waals surface area contributed by atoms with E-state index in [0.717, 1.165) is 5.56 Å². The number of carbonyl (C=O) groups excluding carboxylic acids is 1. The molecule has 1 amide bonds. The van der Waals surface area contributed by atoms with Gasteiger partial charge in [0.25, 0.3) is 0 Å². The van der Waals surface area contributed by atoms with Gasteiger partial charge in [-0.05, 0) is 37.1 Å². The van der Waals surface area contributed by atoms with Crippen LogP contribution in [0.3, 0.4) is 0 Å². The van der Waals surface area contributed by atoms with Crippen molar-refractivity contribution in [2.75, 3.05) is 13.6 Å². The molecule has 0 fully saturated rings. The van der Waals surface area contributed by atoms with Crippen LogP contribution in [-0.4, -0.2) is 36.6 Å². The second kappa shape index (κ2) is 10.4. The van der Waals surface area contributed by atoms with E-state index in [-0.39, 0.29) is 32.6 Å². The highest BCUT2D eigenvalue weighted by molar-refractivity contribution is 6.30. The number of hydrogen-bond acceptors (Lipinski definition) is 3. The Morgan fingerprint density at radius 3 is 2.71 bits per heavy atom. The van der Waals surface area contributed by atoms with Gasteiger partial charge in [0, 0.05) is 18.5 Å². The van der Waals surface area contributed by atoms with Gasteiger partial charge >= 0.3 is 7.40 Å². The molecule has 0 radical (unpaired) electrons. The van der Waals surface area contributed by atoms with E-state index in [1.54, 1.807) is 6.07 Å². The van der Waals surface area contributed by atoms with Gasteiger partial charge in [0.1, 0.15) is 6.04 Å². The van der Waals surface area contributed by atoms with Crippen LogP contribution in [0.2, 0.25) is 5.02 Å². The second-order valence-electron chi connectivity index (χ2n) is 4.44. The molecule has 5 nitrogen and oxygen atoms in total. The molecule has 0 aliphatic heterocycles. The van der Waals surface area contributed by atoms with Gasteiger partial charge in [-0.2, -0.15) is 0 Å². The van der Waals surface area contributed by atoms with Crippen molar-refractivity contribution in [3.05, 3.63) is 34.9 Å². The molecule has 7 heteroatoms. The fraction of sp³-hybridized carbons (Fsp3) is 0.429. The molecule has 1 aromatic carbocycles. The van der Waals surface area contributed by atoms with Crippen molar-refractivity contribution in [2.24, 2.45) is 0 Å². The SMILES string of the molecule is CNC(=O)CC[C@H](NCCc1cccc(Cl)c1)C(=O)O.Cl.[H+]. The van der Waals surface area contributed by atoms with Crippen molar-refractivity contribution >= 4 is 35.9 Å². The van der Waals surface area contributed by atoms with Crippen molar-refractivity contribution < 1.29 is 16.1 Å². The monoisotopic (exact) mass is 335 g/mol. The lowest BCUT2D eigenvalue weighted by molar-refractivity contribution is -0.139. The summed E-state index contributed by atoms with van der Waals surface area (Å²) in [5.41, 5.74) is 1.04. The summed E-state index contributed by atoms with van der Waals surface area (Å²) in [6.45, 7) is 0.519. The first-order valence-corrected chi connectivity index (χ1v) is 6.82. The van der Waals surface area contributed by atoms with Crippen molar-refractivity contribution in [1.29, 1.82) is 0 Å². The Kier molecular flexibility index (Phi) is 9.78. The summed E-state index contributed by atoms with van der Waals surface area (Å²) < 4.78 is 0. The highest BCUT2D eigenvalue weighted by Crippen LogP contribution is 2.10. The number of aliphatic carboxylic acids is 1. The second-order valence-corrected chi connectivity index (χ2v) is 4.87. The molecule has 1 aromatic rings. The van der Waals surface area contributed by atoms with Crippen molar-refractivity contribution in [3.8, 4) is 0 Å². The van der Waals surface area contributed by atoms with Crippen LogP contribution in [-0.2, 0) is 16.0 Å². The third kappa shape index (κ3) is 7.90. The van der Waals surface area contributed by atoms with Gasteiger partial charge in [0.2, 0.25) is 5.91 Å². The number of halogens is 2. The normalized spacial score (nSPS) is 11.3. The van der Waals surface area contributed by atoms with E-state index in [0.29, 0.717) is 18.0 Å². The predicted molar refractivity (Wildman–Crippen MR) is 86.2 cm³/mol. The lowest BCUT2D eigenvalue weighted by Crippen LogP contribution is -2.38. The average molecular weight is 336 g/mol. The van der Waals surface area contributed by atoms with E-state index in [1.165, 1.54) is 7.05 Å². The van der Waals surface area contributed by atoms with Gasteiger partial charge in [-0.15, -0.1) is 12.4 Å². The van der Waals surface area contributed by atoms with Gasteiger partial charge in [0.05, 0.1) is 0 Å². The Hall–Kier alpha value is -1.30. The molecule has 1 atom stereocenters. The minimum absolute atomic E-state index is 0. The fourth-order valence-corrected chi connectivity index (χ4v) is 2.01. The van der Waals surface area contributed by atoms with Gasteiger partial charge in [-0.3, -0.25) is 9.59 Å². The molecule has 0 unspecified atom stereocenters. The summed E-state index contributed by atoms with van der Waals surface area (Å²) in [5, 5.41) is 15.2. The molecule has 0 heterocycles. The topological polar surface area (TPSA) is 78.4 Å². The predicted octanol–water partition coefficient (Wildman–Crippen LogP) is 1.99. The zero-order chi connectivity index (χ0) is 15.0. The zero-order valence-corrected chi connectivity index (χ0v) is 13.3. The van der Waals surface area contributed by atoms with E-state index in [1.807, 2.05) is 18.2 Å². The number of carbonyl (C=O) groups is 2. The number of carboxylic acids is 1. The minimum Gasteiger partial charge on any atom is -0.480 e. The maximum atomic E-state index is 11.1. The van der Waals surface area contributed by atoms with Crippen molar-refractivity contribution in [1.82, 2.24) is 10.6 Å². The largest absolute Gasteiger partial charge is 1.00 e. The van der Waals surface area contributed by atoms with Gasteiger partial charge < -0.3 is 15.7 Å². The molecular formula is C14H21Cl2N2O3+. The standard InChI is InChI=1S/C14H19ClN2O3.ClH/c1-16-13(18)6-5-12(14(19)20)17-8-7-10-3-2-4-11(15)9-10;/h2-4,9,12,17H,5-8H2,1H3,(H,16,18)(H,19,20);1H/p+1/t12-;/m0./s1. The minimum atomic E-state index is -0.944. The molecule has 0 spiro atoms. The highest BCUT2D eigenvalue weighted by atomic mass is 35.5. The van der Waals surface area contributed by atoms with Crippen LogP contribution in [0.5, 0.6) is 0 Å². The van der Waals surface area contributed by atoms with E-state index in [4.69, 9.17) is 16.7 Å². The van der Waals surface area contributed by atoms with E-state index in [2.05, 4.69) is 10.6 Å². The third-order valence-corrected chi connectivity index (χ3v) is 3.17. The Balaban J connectivity index is 0. The zero-order valence-electron chi connectivity index (χ0n) is 12.8. The molecule has 118 valence electrons. The quantitative estimate of drug-likeness (QED) is 0.678. The first-order valence-electron chi connectivity index (χ1n) is 6.44. The lowest BCUT2D eigenvalue weighted by Gasteiger charge is -2.14. The number of benzene rings is 1. The molecule has 0 aliphatic rings. The lowest BCUT2D eigenvalue weighted by atomic mass is 10.1. The molecular weight excluding hydrogens is 315 g/mol. The molecule has 0 aromatic heterocycles. The van der Waals surface area contributed by atoms with Crippen molar-refractivity contribution in [3.63, 3.8) is 0 Å². The summed E-state index contributed by atoms with van der Waals surface area (Å²) in [4.78, 5) is 22.2. The first kappa shape index (κ1) is 19.7. The average Bonchev–Trinajstić information content (AvgIpc) is 2.41. The van der Waals surface area contributed by atoms with Crippen LogP contribution in [0.1, 0.15) is 19.8 Å². The first-order chi connectivity index (χ1) is 9.52. The number of rotatable bonds is 8. The molecule has 3 N–H and O–H groups in total. The van der Waals surface area contributed by atoms with Crippen LogP contribution in [0.4, 0.5) is 0 Å².